The molecule has 0 aliphatic carbocycles. The van der Waals surface area contributed by atoms with Crippen LogP contribution in [0.1, 0.15) is 12.6 Å². The highest BCUT2D eigenvalue weighted by Crippen LogP contribution is 2.23. The van der Waals surface area contributed by atoms with Gasteiger partial charge in [0.2, 0.25) is 0 Å². The number of fused-ring (bicyclic) bond motifs is 1. The summed E-state index contributed by atoms with van der Waals surface area (Å²) < 4.78 is 2.01. The number of anilines is 1. The van der Waals surface area contributed by atoms with E-state index in [1.165, 1.54) is 0 Å². The maximum Gasteiger partial charge on any atom is 0.195 e. The van der Waals surface area contributed by atoms with E-state index in [1.807, 2.05) is 27.8 Å². The van der Waals surface area contributed by atoms with Crippen molar-refractivity contribution in [3.63, 3.8) is 0 Å². The van der Waals surface area contributed by atoms with E-state index in [9.17, 15) is 0 Å². The minimum atomic E-state index is 0.128. The monoisotopic (exact) mass is 240 g/mol. The van der Waals surface area contributed by atoms with Gasteiger partial charge in [0, 0.05) is 31.2 Å². The van der Waals surface area contributed by atoms with Gasteiger partial charge in [0.25, 0.3) is 0 Å². The van der Waals surface area contributed by atoms with E-state index in [0.717, 1.165) is 23.0 Å². The zero-order valence-electron chi connectivity index (χ0n) is 9.26. The third-order valence-corrected chi connectivity index (χ3v) is 3.34. The van der Waals surface area contributed by atoms with Crippen LogP contribution >= 0.6 is 11.3 Å². The van der Waals surface area contributed by atoms with Crippen LogP contribution in [0, 0.1) is 0 Å². The van der Waals surface area contributed by atoms with Crippen molar-refractivity contribution in [2.75, 3.05) is 24.6 Å². The fraction of sp³-hybridized carbons (Fsp3) is 0.500. The quantitative estimate of drug-likeness (QED) is 0.806. The number of hydrogen-bond donors (Lipinski definition) is 2. The number of hydrogen-bond acceptors (Lipinski definition) is 5. The smallest absolute Gasteiger partial charge is 0.195 e. The van der Waals surface area contributed by atoms with Gasteiger partial charge in [0.05, 0.1) is 12.3 Å². The number of thiazole rings is 1. The summed E-state index contributed by atoms with van der Waals surface area (Å²) in [7, 11) is 0. The van der Waals surface area contributed by atoms with Crippen LogP contribution in [-0.4, -0.2) is 34.2 Å². The molecular formula is C10H16N4OS. The number of nitrogens with zero attached hydrogens (tertiary/aromatic N) is 3. The van der Waals surface area contributed by atoms with Gasteiger partial charge >= 0.3 is 0 Å². The van der Waals surface area contributed by atoms with Crippen LogP contribution in [0.4, 0.5) is 5.82 Å². The molecule has 0 saturated heterocycles. The van der Waals surface area contributed by atoms with Gasteiger partial charge in [0.1, 0.15) is 0 Å². The number of aliphatic hydroxyl groups is 1. The van der Waals surface area contributed by atoms with E-state index >= 15 is 0 Å². The predicted octanol–water partition coefficient (Wildman–Crippen LogP) is 0.673. The molecular weight excluding hydrogens is 224 g/mol. The predicted molar refractivity (Wildman–Crippen MR) is 65.9 cm³/mol. The Bertz CT molecular complexity index is 464. The average molecular weight is 240 g/mol. The van der Waals surface area contributed by atoms with E-state index in [4.69, 9.17) is 10.8 Å². The van der Waals surface area contributed by atoms with Gasteiger partial charge in [-0.2, -0.15) is 0 Å². The molecule has 0 amide bonds. The van der Waals surface area contributed by atoms with Gasteiger partial charge in [0.15, 0.2) is 10.8 Å². The van der Waals surface area contributed by atoms with Crippen LogP contribution in [0.25, 0.3) is 4.96 Å². The molecule has 0 aromatic carbocycles. The Hall–Kier alpha value is -1.11. The molecule has 5 nitrogen and oxygen atoms in total. The maximum atomic E-state index is 9.01. The van der Waals surface area contributed by atoms with Crippen molar-refractivity contribution in [1.29, 1.82) is 0 Å². The van der Waals surface area contributed by atoms with Crippen molar-refractivity contribution in [2.45, 2.75) is 13.5 Å². The first-order valence-electron chi connectivity index (χ1n) is 5.32. The first kappa shape index (κ1) is 11.4. The molecule has 0 saturated carbocycles. The number of rotatable bonds is 5. The largest absolute Gasteiger partial charge is 0.395 e. The highest BCUT2D eigenvalue weighted by Gasteiger charge is 2.16. The van der Waals surface area contributed by atoms with E-state index in [2.05, 4.69) is 4.98 Å². The molecule has 0 atom stereocenters. The fourth-order valence-corrected chi connectivity index (χ4v) is 2.53. The van der Waals surface area contributed by atoms with Crippen LogP contribution in [0.15, 0.2) is 11.6 Å². The van der Waals surface area contributed by atoms with Crippen molar-refractivity contribution in [2.24, 2.45) is 5.73 Å². The highest BCUT2D eigenvalue weighted by atomic mass is 32.1. The van der Waals surface area contributed by atoms with Crippen molar-refractivity contribution >= 4 is 22.1 Å². The Labute approximate surface area is 98.1 Å². The molecule has 0 unspecified atom stereocenters. The molecule has 0 aliphatic heterocycles. The molecule has 16 heavy (non-hydrogen) atoms. The second-order valence-electron chi connectivity index (χ2n) is 3.45. The Morgan fingerprint density at radius 2 is 2.44 bits per heavy atom. The van der Waals surface area contributed by atoms with Crippen molar-refractivity contribution in [1.82, 2.24) is 9.38 Å². The highest BCUT2D eigenvalue weighted by molar-refractivity contribution is 7.15. The van der Waals surface area contributed by atoms with Crippen LogP contribution in [0.2, 0.25) is 0 Å². The van der Waals surface area contributed by atoms with Gasteiger partial charge < -0.3 is 15.7 Å². The number of imidazole rings is 1. The summed E-state index contributed by atoms with van der Waals surface area (Å²) in [4.78, 5) is 7.54. The zero-order chi connectivity index (χ0) is 11.5. The van der Waals surface area contributed by atoms with E-state index in [-0.39, 0.29) is 6.61 Å². The number of nitrogens with two attached hydrogens (primary N) is 1. The van der Waals surface area contributed by atoms with Crippen LogP contribution in [0.5, 0.6) is 0 Å². The zero-order valence-corrected chi connectivity index (χ0v) is 10.1. The summed E-state index contributed by atoms with van der Waals surface area (Å²) in [5.74, 6) is 0.894. The van der Waals surface area contributed by atoms with Crippen molar-refractivity contribution < 1.29 is 5.11 Å². The summed E-state index contributed by atoms with van der Waals surface area (Å²) in [6, 6.07) is 0. The maximum absolute atomic E-state index is 9.01. The molecule has 3 N–H and O–H groups in total. The van der Waals surface area contributed by atoms with Crippen molar-refractivity contribution in [3.05, 3.63) is 17.3 Å². The van der Waals surface area contributed by atoms with Crippen LogP contribution in [0.3, 0.4) is 0 Å². The molecule has 6 heteroatoms. The summed E-state index contributed by atoms with van der Waals surface area (Å²) in [6.45, 7) is 4.04. The molecule has 2 heterocycles. The summed E-state index contributed by atoms with van der Waals surface area (Å²) >= 11 is 1.59. The average Bonchev–Trinajstić information content (AvgIpc) is 2.85. The number of aromatic nitrogens is 2. The minimum absolute atomic E-state index is 0.128. The van der Waals surface area contributed by atoms with Gasteiger partial charge in [-0.1, -0.05) is 0 Å². The Morgan fingerprint density at radius 3 is 3.06 bits per heavy atom. The Morgan fingerprint density at radius 1 is 1.62 bits per heavy atom. The molecule has 2 rings (SSSR count). The third kappa shape index (κ3) is 1.79. The molecule has 0 radical (unpaired) electrons. The SMILES string of the molecule is CCN(CCO)c1nc2sccn2c1CN. The lowest BCUT2D eigenvalue weighted by molar-refractivity contribution is 0.302. The normalized spacial score (nSPS) is 11.2. The van der Waals surface area contributed by atoms with Crippen LogP contribution in [-0.2, 0) is 6.54 Å². The summed E-state index contributed by atoms with van der Waals surface area (Å²) in [5.41, 5.74) is 6.77. The molecule has 0 spiro atoms. The lowest BCUT2D eigenvalue weighted by Crippen LogP contribution is -2.28. The van der Waals surface area contributed by atoms with Gasteiger partial charge in [-0.3, -0.25) is 4.40 Å². The van der Waals surface area contributed by atoms with Gasteiger partial charge in [-0.25, -0.2) is 4.98 Å². The third-order valence-electron chi connectivity index (χ3n) is 2.58. The molecule has 2 aromatic heterocycles. The second kappa shape index (κ2) is 4.82. The lowest BCUT2D eigenvalue weighted by Gasteiger charge is -2.20. The standard InChI is InChI=1S/C10H16N4OS/c1-2-13(3-5-15)9-8(7-11)14-4-6-16-10(14)12-9/h4,6,15H,2-3,5,7,11H2,1H3. The van der Waals surface area contributed by atoms with E-state index < -0.39 is 0 Å². The molecule has 88 valence electrons. The number of likely N-dealkylation sites (N-methyl/N-ethyl adjacent to an activating group) is 1. The van der Waals surface area contributed by atoms with Gasteiger partial charge in [-0.15, -0.1) is 11.3 Å². The molecule has 2 aromatic rings. The Balaban J connectivity index is 2.44. The number of aliphatic hydroxyl groups excluding tert-OH is 1. The van der Waals surface area contributed by atoms with Crippen LogP contribution < -0.4 is 10.6 Å². The van der Waals surface area contributed by atoms with Crippen molar-refractivity contribution in [3.8, 4) is 0 Å². The van der Waals surface area contributed by atoms with Gasteiger partial charge in [-0.05, 0) is 6.92 Å². The molecule has 0 bridgehead atoms. The fourth-order valence-electron chi connectivity index (χ4n) is 1.80. The molecule has 0 aliphatic rings. The van der Waals surface area contributed by atoms with E-state index in [1.54, 1.807) is 11.3 Å². The summed E-state index contributed by atoms with van der Waals surface area (Å²) in [5, 5.41) is 11.0. The Kier molecular flexibility index (Phi) is 3.42. The first-order chi connectivity index (χ1) is 7.81. The summed E-state index contributed by atoms with van der Waals surface area (Å²) in [6.07, 6.45) is 1.98. The lowest BCUT2D eigenvalue weighted by atomic mass is 10.3. The molecule has 0 fully saturated rings. The topological polar surface area (TPSA) is 66.8 Å². The minimum Gasteiger partial charge on any atom is -0.395 e. The second-order valence-corrected chi connectivity index (χ2v) is 4.32. The first-order valence-corrected chi connectivity index (χ1v) is 6.20. The van der Waals surface area contributed by atoms with E-state index in [0.29, 0.717) is 13.1 Å².